The van der Waals surface area contributed by atoms with Gasteiger partial charge in [0.2, 0.25) is 0 Å². The molecular formula is C25H30F3N3O4. The molecule has 0 unspecified atom stereocenters. The topological polar surface area (TPSA) is 85.7 Å². The number of hydrogen-bond donors (Lipinski definition) is 2. The highest BCUT2D eigenvalue weighted by Gasteiger charge is 2.49. The lowest BCUT2D eigenvalue weighted by molar-refractivity contribution is -0.170. The molecule has 0 saturated heterocycles. The maximum absolute atomic E-state index is 15.4. The van der Waals surface area contributed by atoms with Gasteiger partial charge in [0, 0.05) is 24.1 Å². The molecule has 0 spiro atoms. The zero-order chi connectivity index (χ0) is 32.1. The van der Waals surface area contributed by atoms with Crippen molar-refractivity contribution in [2.75, 3.05) is 32.6 Å². The van der Waals surface area contributed by atoms with Gasteiger partial charge in [-0.25, -0.2) is 14.4 Å². The third-order valence-electron chi connectivity index (χ3n) is 5.30. The Labute approximate surface area is 212 Å². The van der Waals surface area contributed by atoms with Gasteiger partial charge >= 0.3 is 5.92 Å². The Morgan fingerprint density at radius 1 is 1.20 bits per heavy atom. The molecule has 1 aromatic heterocycles. The fourth-order valence-corrected chi connectivity index (χ4v) is 3.44. The van der Waals surface area contributed by atoms with Crippen LogP contribution in [-0.2, 0) is 10.7 Å². The van der Waals surface area contributed by atoms with Crippen molar-refractivity contribution in [1.82, 2.24) is 9.97 Å². The molecular weight excluding hydrogens is 463 g/mol. The molecule has 10 heteroatoms. The molecule has 1 heterocycles. The summed E-state index contributed by atoms with van der Waals surface area (Å²) < 4.78 is 113. The number of ether oxygens (including phenoxy) is 3. The molecule has 0 bridgehead atoms. The van der Waals surface area contributed by atoms with Crippen molar-refractivity contribution in [3.05, 3.63) is 53.1 Å². The summed E-state index contributed by atoms with van der Waals surface area (Å²) >= 11 is 0. The summed E-state index contributed by atoms with van der Waals surface area (Å²) in [5.74, 6) is -5.33. The fraction of sp³-hybridized carbons (Fsp3) is 0.440. The minimum Gasteiger partial charge on any atom is -0.493 e. The Morgan fingerprint density at radius 3 is 2.60 bits per heavy atom. The second-order valence-corrected chi connectivity index (χ2v) is 8.26. The minimum absolute atomic E-state index is 0.0545. The quantitative estimate of drug-likeness (QED) is 0.398. The molecule has 0 aliphatic heterocycles. The van der Waals surface area contributed by atoms with Gasteiger partial charge in [-0.05, 0) is 39.8 Å². The van der Waals surface area contributed by atoms with E-state index >= 15 is 4.39 Å². The number of aryl methyl sites for hydroxylation is 1. The van der Waals surface area contributed by atoms with Gasteiger partial charge in [0.15, 0.2) is 11.5 Å². The zero-order valence-corrected chi connectivity index (χ0v) is 19.7. The van der Waals surface area contributed by atoms with Crippen molar-refractivity contribution in [3.63, 3.8) is 0 Å². The van der Waals surface area contributed by atoms with Crippen LogP contribution in [0.3, 0.4) is 0 Å². The summed E-state index contributed by atoms with van der Waals surface area (Å²) in [6.45, 7) is -2.01. The van der Waals surface area contributed by atoms with Gasteiger partial charge in [-0.1, -0.05) is 12.1 Å². The molecule has 0 saturated carbocycles. The van der Waals surface area contributed by atoms with E-state index in [2.05, 4.69) is 20.0 Å². The number of rotatable bonds is 10. The summed E-state index contributed by atoms with van der Waals surface area (Å²) in [7, 11) is -2.05. The monoisotopic (exact) mass is 500 g/mol. The highest BCUT2D eigenvalue weighted by Crippen LogP contribution is 2.41. The van der Waals surface area contributed by atoms with E-state index in [1.165, 1.54) is 38.3 Å². The van der Waals surface area contributed by atoms with Gasteiger partial charge in [-0.2, -0.15) is 8.78 Å². The molecule has 190 valence electrons. The van der Waals surface area contributed by atoms with E-state index in [4.69, 9.17) is 19.1 Å². The number of nitrogens with one attached hydrogen (secondary N) is 1. The van der Waals surface area contributed by atoms with Crippen LogP contribution in [0.4, 0.5) is 19.0 Å². The SMILES string of the molecule is [2H]C([2H])([2H])OC([2H])([2H])C([2H])([2H])Oc1cc2c(N[C@H](C)c3cccc(C(F)(F)C(C)(C)O)c3F)nc(C)nc2cc1OC. The lowest BCUT2D eigenvalue weighted by atomic mass is 9.91. The minimum atomic E-state index is -3.92. The second-order valence-electron chi connectivity index (χ2n) is 8.26. The van der Waals surface area contributed by atoms with E-state index < -0.39 is 49.1 Å². The number of methoxy groups -OCH3 is 2. The second kappa shape index (κ2) is 10.2. The third-order valence-corrected chi connectivity index (χ3v) is 5.30. The van der Waals surface area contributed by atoms with Crippen LogP contribution in [-0.4, -0.2) is 47.9 Å². The van der Waals surface area contributed by atoms with Crippen molar-refractivity contribution in [1.29, 1.82) is 0 Å². The number of nitrogens with zero attached hydrogens (tertiary/aromatic N) is 2. The first kappa shape index (κ1) is 18.2. The molecule has 0 aliphatic carbocycles. The van der Waals surface area contributed by atoms with Crippen LogP contribution in [0.2, 0.25) is 0 Å². The van der Waals surface area contributed by atoms with Crippen LogP contribution in [0.1, 0.15) is 53.4 Å². The van der Waals surface area contributed by atoms with Crippen molar-refractivity contribution < 1.29 is 42.1 Å². The molecule has 1 atom stereocenters. The molecule has 0 amide bonds. The highest BCUT2D eigenvalue weighted by atomic mass is 19.3. The van der Waals surface area contributed by atoms with Gasteiger partial charge in [-0.15, -0.1) is 0 Å². The molecule has 0 radical (unpaired) electrons. The standard InChI is InChI=1S/C25H30F3N3O4/c1-14(16-8-7-9-18(22(16)26)25(27,28)24(3,4)32)29-23-17-12-21(35-11-10-33-5)20(34-6)13-19(17)30-15(2)31-23/h7-9,12-14,32H,10-11H2,1-6H3,(H,29,30,31)/t14-/m1/s1/i5D3,10D2,11D2. The Kier molecular flexibility index (Phi) is 5.33. The van der Waals surface area contributed by atoms with E-state index in [1.807, 2.05) is 0 Å². The number of aliphatic hydroxyl groups is 1. The van der Waals surface area contributed by atoms with E-state index in [0.717, 1.165) is 19.9 Å². The molecule has 35 heavy (non-hydrogen) atoms. The largest absolute Gasteiger partial charge is 0.493 e. The summed E-state index contributed by atoms with van der Waals surface area (Å²) in [6, 6.07) is 4.94. The number of halogens is 3. The number of fused-ring (bicyclic) bond motifs is 1. The molecule has 2 N–H and O–H groups in total. The number of anilines is 1. The van der Waals surface area contributed by atoms with E-state index in [-0.39, 0.29) is 39.6 Å². The highest BCUT2D eigenvalue weighted by molar-refractivity contribution is 5.92. The van der Waals surface area contributed by atoms with E-state index in [0.29, 0.717) is 0 Å². The van der Waals surface area contributed by atoms with Crippen LogP contribution in [0.15, 0.2) is 30.3 Å². The lowest BCUT2D eigenvalue weighted by Gasteiger charge is -2.30. The van der Waals surface area contributed by atoms with Gasteiger partial charge in [0.25, 0.3) is 0 Å². The van der Waals surface area contributed by atoms with E-state index in [1.54, 1.807) is 6.92 Å². The van der Waals surface area contributed by atoms with Crippen LogP contribution in [0.25, 0.3) is 10.9 Å². The van der Waals surface area contributed by atoms with Crippen molar-refractivity contribution in [2.24, 2.45) is 0 Å². The average molecular weight is 501 g/mol. The average Bonchev–Trinajstić information content (AvgIpc) is 2.81. The lowest BCUT2D eigenvalue weighted by Crippen LogP contribution is -2.41. The molecule has 3 aromatic rings. The predicted molar refractivity (Wildman–Crippen MR) is 127 cm³/mol. The van der Waals surface area contributed by atoms with Crippen LogP contribution < -0.4 is 14.8 Å². The predicted octanol–water partition coefficient (Wildman–Crippen LogP) is 5.15. The summed E-state index contributed by atoms with van der Waals surface area (Å²) in [6.07, 6.45) is 0. The van der Waals surface area contributed by atoms with Gasteiger partial charge in [0.1, 0.15) is 29.6 Å². The van der Waals surface area contributed by atoms with Crippen molar-refractivity contribution in [3.8, 4) is 11.5 Å². The summed E-state index contributed by atoms with van der Waals surface area (Å²) in [5, 5.41) is 13.0. The maximum atomic E-state index is 15.4. The maximum Gasteiger partial charge on any atom is 0.303 e. The van der Waals surface area contributed by atoms with Crippen LogP contribution in [0, 0.1) is 12.7 Å². The molecule has 2 aromatic carbocycles. The zero-order valence-electron chi connectivity index (χ0n) is 26.7. The van der Waals surface area contributed by atoms with Crippen molar-refractivity contribution >= 4 is 16.7 Å². The first-order valence-corrected chi connectivity index (χ1v) is 10.4. The molecule has 0 aliphatic rings. The number of aromatic nitrogens is 2. The smallest absolute Gasteiger partial charge is 0.303 e. The van der Waals surface area contributed by atoms with Gasteiger partial charge < -0.3 is 24.6 Å². The molecule has 3 rings (SSSR count). The Hall–Kier alpha value is -3.11. The van der Waals surface area contributed by atoms with E-state index in [9.17, 15) is 13.9 Å². The van der Waals surface area contributed by atoms with Gasteiger partial charge in [0.05, 0.1) is 40.4 Å². The Bertz CT molecular complexity index is 1470. The Morgan fingerprint density at radius 2 is 1.94 bits per heavy atom. The third kappa shape index (κ3) is 5.43. The summed E-state index contributed by atoms with van der Waals surface area (Å²) in [5.41, 5.74) is -3.47. The number of hydrogen-bond acceptors (Lipinski definition) is 7. The number of alkyl halides is 2. The normalized spacial score (nSPS) is 17.2. The Balaban J connectivity index is 2.08. The molecule has 0 fully saturated rings. The van der Waals surface area contributed by atoms with Gasteiger partial charge in [-0.3, -0.25) is 0 Å². The first-order chi connectivity index (χ1) is 19.0. The van der Waals surface area contributed by atoms with Crippen LogP contribution in [0.5, 0.6) is 11.5 Å². The molecule has 7 nitrogen and oxygen atoms in total. The summed E-state index contributed by atoms with van der Waals surface area (Å²) in [4.78, 5) is 8.60. The fourth-order valence-electron chi connectivity index (χ4n) is 3.44. The first-order valence-electron chi connectivity index (χ1n) is 13.9. The van der Waals surface area contributed by atoms with Crippen LogP contribution >= 0.6 is 0 Å². The number of benzene rings is 2. The van der Waals surface area contributed by atoms with Crippen molar-refractivity contribution in [2.45, 2.75) is 45.3 Å².